The van der Waals surface area contributed by atoms with Crippen LogP contribution < -0.4 is 0 Å². The van der Waals surface area contributed by atoms with E-state index in [0.717, 1.165) is 0 Å². The van der Waals surface area contributed by atoms with Gasteiger partial charge in [-0.2, -0.15) is 47.5 Å². The molecule has 0 radical (unpaired) electrons. The van der Waals surface area contributed by atoms with Crippen molar-refractivity contribution < 1.29 is 26.4 Å². The maximum absolute atomic E-state index is 9.75. The number of hydrogen-bond acceptors (Lipinski definition) is 0. The molecule has 0 amide bonds. The van der Waals surface area contributed by atoms with E-state index in [1.54, 1.807) is 0 Å². The second-order valence-electron chi connectivity index (χ2n) is 4.86. The van der Waals surface area contributed by atoms with Crippen molar-refractivity contribution in [2.24, 2.45) is 0 Å². The van der Waals surface area contributed by atoms with Gasteiger partial charge in [0.2, 0.25) is 0 Å². The molecule has 2 rings (SSSR count). The summed E-state index contributed by atoms with van der Waals surface area (Å²) < 4.78 is 19.5. The molecule has 21 heavy (non-hydrogen) atoms. The van der Waals surface area contributed by atoms with Gasteiger partial charge in [-0.25, -0.2) is 12.1 Å². The normalized spacial score (nSPS) is 9.14. The Bertz CT molecular complexity index is 341. The molecule has 2 aromatic rings. The summed E-state index contributed by atoms with van der Waals surface area (Å²) in [4.78, 5) is 0. The Labute approximate surface area is 138 Å². The summed E-state index contributed by atoms with van der Waals surface area (Å²) in [6.45, 7) is 4.45. The van der Waals surface area contributed by atoms with Crippen molar-refractivity contribution in [3.05, 3.63) is 59.7 Å². The van der Waals surface area contributed by atoms with Crippen molar-refractivity contribution in [2.45, 2.75) is 52.4 Å². The number of aryl methyl sites for hydroxylation is 2. The molecule has 0 spiro atoms. The molecule has 0 N–H and O–H groups in total. The van der Waals surface area contributed by atoms with E-state index in [9.17, 15) is 6.18 Å². The van der Waals surface area contributed by atoms with Gasteiger partial charge >= 0.3 is 26.4 Å². The van der Waals surface area contributed by atoms with Crippen LogP contribution in [0.2, 0.25) is 0 Å². The van der Waals surface area contributed by atoms with Crippen LogP contribution in [-0.4, -0.2) is 0 Å². The first-order valence-electron chi connectivity index (χ1n) is 7.65. The van der Waals surface area contributed by atoms with Crippen LogP contribution >= 0.6 is 0 Å². The van der Waals surface area contributed by atoms with Crippen LogP contribution in [0.3, 0.4) is 0 Å². The Hall–Kier alpha value is -0.726. The maximum atomic E-state index is 9.75. The monoisotopic (exact) mass is 328 g/mol. The Morgan fingerprint density at radius 3 is 1.48 bits per heavy atom. The molecule has 0 fully saturated rings. The first kappa shape index (κ1) is 20.3. The van der Waals surface area contributed by atoms with Crippen LogP contribution in [-0.2, 0) is 33.1 Å². The number of unbranched alkanes of at least 4 members (excludes halogenated alkanes) is 2. The van der Waals surface area contributed by atoms with E-state index < -0.39 is 20.2 Å². The fourth-order valence-corrected chi connectivity index (χ4v) is 1.92. The van der Waals surface area contributed by atoms with Gasteiger partial charge in [-0.1, -0.05) is 52.4 Å². The average molecular weight is 328 g/mol. The van der Waals surface area contributed by atoms with Gasteiger partial charge in [0.25, 0.3) is 0 Å². The third-order valence-electron chi connectivity index (χ3n) is 3.10. The first-order chi connectivity index (χ1) is 10.3. The fraction of sp³-hybridized carbons (Fsp3) is 0.444. The summed E-state index contributed by atoms with van der Waals surface area (Å²) in [7, 11) is 0. The zero-order chi connectivity index (χ0) is 15.8. The van der Waals surface area contributed by atoms with Crippen LogP contribution in [0, 0.1) is 0 Å². The van der Waals surface area contributed by atoms with E-state index >= 15 is 0 Å². The minimum absolute atomic E-state index is 1.25. The molecule has 118 valence electrons. The van der Waals surface area contributed by atoms with Crippen LogP contribution in [0.4, 0.5) is 6.18 Å². The summed E-state index contributed by atoms with van der Waals surface area (Å²) in [5, 5.41) is 0. The fourth-order valence-electron chi connectivity index (χ4n) is 1.92. The van der Waals surface area contributed by atoms with Gasteiger partial charge in [-0.05, 0) is 0 Å². The number of rotatable bonds is 6. The van der Waals surface area contributed by atoms with Gasteiger partial charge < -0.3 is 0 Å². The number of halogens is 2. The van der Waals surface area contributed by atoms with Crippen LogP contribution in [0.1, 0.15) is 50.7 Å². The van der Waals surface area contributed by atoms with E-state index in [4.69, 9.17) is 0 Å². The summed E-state index contributed by atoms with van der Waals surface area (Å²) >= 11 is -2.50. The molecule has 0 atom stereocenters. The molecule has 0 aliphatic heterocycles. The summed E-state index contributed by atoms with van der Waals surface area (Å²) in [6.07, 6.45) is 7.75. The molecule has 0 aliphatic carbocycles. The molecule has 0 saturated carbocycles. The summed E-state index contributed by atoms with van der Waals surface area (Å²) in [5.74, 6) is 0. The van der Waals surface area contributed by atoms with Gasteiger partial charge in [0.1, 0.15) is 0 Å². The second-order valence-corrected chi connectivity index (χ2v) is 5.09. The summed E-state index contributed by atoms with van der Waals surface area (Å²) in [6, 6.07) is 17.2. The SMILES string of the molecule is CCCCc1cc[cH-]c1.CCCCc1cc[cH-]c1.[F][Ti][F]. The molecule has 3 heteroatoms. The molecule has 0 nitrogen and oxygen atoms in total. The van der Waals surface area contributed by atoms with Crippen LogP contribution in [0.5, 0.6) is 0 Å². The van der Waals surface area contributed by atoms with E-state index in [2.05, 4.69) is 62.4 Å². The van der Waals surface area contributed by atoms with Gasteiger partial charge in [0.05, 0.1) is 0 Å². The van der Waals surface area contributed by atoms with Crippen molar-refractivity contribution in [1.82, 2.24) is 0 Å². The Balaban J connectivity index is 0.000000322. The topological polar surface area (TPSA) is 0 Å². The zero-order valence-electron chi connectivity index (χ0n) is 13.1. The third-order valence-corrected chi connectivity index (χ3v) is 3.10. The molecule has 0 bridgehead atoms. The summed E-state index contributed by atoms with van der Waals surface area (Å²) in [5.41, 5.74) is 2.97. The van der Waals surface area contributed by atoms with Gasteiger partial charge in [0, 0.05) is 0 Å². The van der Waals surface area contributed by atoms with Gasteiger partial charge in [0.15, 0.2) is 0 Å². The predicted molar refractivity (Wildman–Crippen MR) is 83.5 cm³/mol. The van der Waals surface area contributed by atoms with Crippen molar-refractivity contribution in [3.63, 3.8) is 0 Å². The van der Waals surface area contributed by atoms with E-state index in [-0.39, 0.29) is 0 Å². The van der Waals surface area contributed by atoms with Gasteiger partial charge in [-0.3, -0.25) is 0 Å². The van der Waals surface area contributed by atoms with E-state index in [0.29, 0.717) is 0 Å². The molecular weight excluding hydrogens is 302 g/mol. The molecular formula is C18H26F2Ti-2. The van der Waals surface area contributed by atoms with Gasteiger partial charge in [-0.15, -0.1) is 0 Å². The second kappa shape index (κ2) is 15.7. The van der Waals surface area contributed by atoms with Crippen LogP contribution in [0.15, 0.2) is 48.5 Å². The standard InChI is InChI=1S/2C9H13.2FH.Ti/c2*1-2-3-6-9-7-4-5-8-9;;;/h2*4-5,7-8H,2-3,6H2,1H3;2*1H;/q2*-1;;;+2/p-2. The molecule has 0 heterocycles. The quantitative estimate of drug-likeness (QED) is 0.429. The van der Waals surface area contributed by atoms with Crippen LogP contribution in [0.25, 0.3) is 0 Å². The molecule has 0 unspecified atom stereocenters. The Morgan fingerprint density at radius 2 is 1.24 bits per heavy atom. The van der Waals surface area contributed by atoms with Crippen molar-refractivity contribution in [1.29, 1.82) is 0 Å². The molecule has 2 aromatic carbocycles. The Morgan fingerprint density at radius 1 is 0.857 bits per heavy atom. The zero-order valence-corrected chi connectivity index (χ0v) is 14.7. The van der Waals surface area contributed by atoms with Crippen molar-refractivity contribution in [3.8, 4) is 0 Å². The predicted octanol–water partition coefficient (Wildman–Crippen LogP) is 6.33. The first-order valence-corrected chi connectivity index (χ1v) is 8.83. The molecule has 0 saturated heterocycles. The van der Waals surface area contributed by atoms with Crippen molar-refractivity contribution in [2.75, 3.05) is 0 Å². The van der Waals surface area contributed by atoms with E-state index in [1.165, 1.54) is 49.7 Å². The Kier molecular flexibility index (Phi) is 15.1. The third kappa shape index (κ3) is 12.7. The van der Waals surface area contributed by atoms with E-state index in [1.807, 2.05) is 0 Å². The molecule has 0 aromatic heterocycles. The minimum atomic E-state index is -2.50. The molecule has 0 aliphatic rings. The van der Waals surface area contributed by atoms with Crippen molar-refractivity contribution >= 4 is 0 Å². The number of hydrogen-bond donors (Lipinski definition) is 0. The average Bonchev–Trinajstić information content (AvgIpc) is 3.18.